The normalized spacial score (nSPS) is 12.5. The number of nitrogens with one attached hydrogen (secondary N) is 1. The number of benzene rings is 1. The van der Waals surface area contributed by atoms with Gasteiger partial charge in [0, 0.05) is 21.7 Å². The molecule has 0 bridgehead atoms. The van der Waals surface area contributed by atoms with Crippen molar-refractivity contribution in [3.63, 3.8) is 0 Å². The number of hydrogen-bond donors (Lipinski definition) is 1. The molecule has 0 radical (unpaired) electrons. The predicted octanol–water partition coefficient (Wildman–Crippen LogP) is 2.35. The van der Waals surface area contributed by atoms with Gasteiger partial charge in [-0.05, 0) is 48.5 Å². The summed E-state index contributed by atoms with van der Waals surface area (Å²) in [6.07, 6.45) is 0.882. The summed E-state index contributed by atoms with van der Waals surface area (Å²) in [6.45, 7) is 2.08. The predicted molar refractivity (Wildman–Crippen MR) is 68.0 cm³/mol. The minimum absolute atomic E-state index is 0.153. The van der Waals surface area contributed by atoms with Gasteiger partial charge in [-0.2, -0.15) is 0 Å². The first-order valence-corrected chi connectivity index (χ1v) is 5.72. The van der Waals surface area contributed by atoms with Crippen molar-refractivity contribution in [3.8, 4) is 0 Å². The summed E-state index contributed by atoms with van der Waals surface area (Å²) >= 11 is 2.14. The third-order valence-corrected chi connectivity index (χ3v) is 3.27. The van der Waals surface area contributed by atoms with E-state index in [1.165, 1.54) is 0 Å². The third kappa shape index (κ3) is 3.42. The molecule has 0 aromatic heterocycles. The molecule has 15 heavy (non-hydrogen) atoms. The number of rotatable bonds is 4. The van der Waals surface area contributed by atoms with Crippen molar-refractivity contribution in [1.82, 2.24) is 5.32 Å². The van der Waals surface area contributed by atoms with Crippen molar-refractivity contribution in [2.75, 3.05) is 7.05 Å². The molecular formula is C10H13IN2O2. The van der Waals surface area contributed by atoms with Crippen molar-refractivity contribution < 1.29 is 4.92 Å². The monoisotopic (exact) mass is 320 g/mol. The van der Waals surface area contributed by atoms with Crippen molar-refractivity contribution in [2.45, 2.75) is 19.4 Å². The second-order valence-electron chi connectivity index (χ2n) is 3.43. The number of halogens is 1. The Bertz CT molecular complexity index is 368. The molecule has 0 aliphatic heterocycles. The van der Waals surface area contributed by atoms with Crippen LogP contribution in [0, 0.1) is 13.7 Å². The van der Waals surface area contributed by atoms with E-state index in [0.29, 0.717) is 6.04 Å². The van der Waals surface area contributed by atoms with Gasteiger partial charge >= 0.3 is 0 Å². The minimum atomic E-state index is -0.368. The maximum absolute atomic E-state index is 10.5. The summed E-state index contributed by atoms with van der Waals surface area (Å²) in [5.74, 6) is 0. The highest BCUT2D eigenvalue weighted by molar-refractivity contribution is 14.1. The zero-order valence-corrected chi connectivity index (χ0v) is 10.8. The zero-order valence-electron chi connectivity index (χ0n) is 8.66. The summed E-state index contributed by atoms with van der Waals surface area (Å²) in [5.41, 5.74) is 1.29. The van der Waals surface area contributed by atoms with Gasteiger partial charge in [0.2, 0.25) is 0 Å². The first-order valence-electron chi connectivity index (χ1n) is 4.64. The topological polar surface area (TPSA) is 55.2 Å². The second kappa shape index (κ2) is 5.41. The van der Waals surface area contributed by atoms with Gasteiger partial charge in [0.15, 0.2) is 0 Å². The van der Waals surface area contributed by atoms with Gasteiger partial charge in [0.25, 0.3) is 5.69 Å². The van der Waals surface area contributed by atoms with E-state index in [9.17, 15) is 10.1 Å². The minimum Gasteiger partial charge on any atom is -0.317 e. The molecule has 1 N–H and O–H groups in total. The molecule has 0 amide bonds. The van der Waals surface area contributed by atoms with Crippen molar-refractivity contribution in [2.24, 2.45) is 0 Å². The Morgan fingerprint density at radius 1 is 1.60 bits per heavy atom. The molecule has 0 fully saturated rings. The molecule has 0 spiro atoms. The average Bonchev–Trinajstić information content (AvgIpc) is 2.20. The molecule has 82 valence electrons. The molecule has 1 atom stereocenters. The number of hydrogen-bond acceptors (Lipinski definition) is 3. The molecule has 1 aromatic rings. The average molecular weight is 320 g/mol. The summed E-state index contributed by atoms with van der Waals surface area (Å²) < 4.78 is 0.948. The summed E-state index contributed by atoms with van der Waals surface area (Å²) in [5, 5.41) is 13.7. The van der Waals surface area contributed by atoms with Crippen LogP contribution in [0.1, 0.15) is 12.5 Å². The Kier molecular flexibility index (Phi) is 4.46. The van der Waals surface area contributed by atoms with Crippen LogP contribution in [0.4, 0.5) is 5.69 Å². The van der Waals surface area contributed by atoms with Crippen molar-refractivity contribution in [3.05, 3.63) is 37.4 Å². The first-order chi connectivity index (χ1) is 7.04. The molecule has 1 aromatic carbocycles. The van der Waals surface area contributed by atoms with E-state index in [4.69, 9.17) is 0 Å². The molecule has 0 saturated heterocycles. The number of nitro groups is 1. The Balaban J connectivity index is 2.88. The van der Waals surface area contributed by atoms with Crippen LogP contribution in [0.25, 0.3) is 0 Å². The summed E-state index contributed by atoms with van der Waals surface area (Å²) in [7, 11) is 1.91. The number of nitrogens with zero attached hydrogens (tertiary/aromatic N) is 1. The van der Waals surface area contributed by atoms with Gasteiger partial charge in [-0.3, -0.25) is 10.1 Å². The van der Waals surface area contributed by atoms with Gasteiger partial charge in [-0.1, -0.05) is 6.07 Å². The van der Waals surface area contributed by atoms with Crippen LogP contribution in [0.3, 0.4) is 0 Å². The van der Waals surface area contributed by atoms with Crippen LogP contribution in [0.5, 0.6) is 0 Å². The van der Waals surface area contributed by atoms with E-state index in [1.807, 2.05) is 13.1 Å². The molecule has 1 unspecified atom stereocenters. The Morgan fingerprint density at radius 2 is 2.27 bits per heavy atom. The van der Waals surface area contributed by atoms with Crippen LogP contribution in [-0.2, 0) is 6.42 Å². The van der Waals surface area contributed by atoms with Crippen LogP contribution in [0.2, 0.25) is 0 Å². The maximum atomic E-state index is 10.5. The van der Waals surface area contributed by atoms with Gasteiger partial charge in [-0.25, -0.2) is 0 Å². The van der Waals surface area contributed by atoms with E-state index in [-0.39, 0.29) is 10.6 Å². The van der Waals surface area contributed by atoms with E-state index in [2.05, 4.69) is 34.8 Å². The lowest BCUT2D eigenvalue weighted by Gasteiger charge is -2.11. The molecular weight excluding hydrogens is 307 g/mol. The van der Waals surface area contributed by atoms with E-state index >= 15 is 0 Å². The molecule has 0 heterocycles. The van der Waals surface area contributed by atoms with E-state index in [1.54, 1.807) is 12.1 Å². The summed E-state index contributed by atoms with van der Waals surface area (Å²) in [6, 6.07) is 5.37. The highest BCUT2D eigenvalue weighted by Crippen LogP contribution is 2.20. The van der Waals surface area contributed by atoms with Crippen molar-refractivity contribution >= 4 is 28.3 Å². The quantitative estimate of drug-likeness (QED) is 0.526. The smallest absolute Gasteiger partial charge is 0.270 e. The van der Waals surface area contributed by atoms with Crippen molar-refractivity contribution in [1.29, 1.82) is 0 Å². The SMILES string of the molecule is CNC(C)Cc1ccc([N+](=O)[O-])cc1I. The Morgan fingerprint density at radius 3 is 2.73 bits per heavy atom. The van der Waals surface area contributed by atoms with Gasteiger partial charge < -0.3 is 5.32 Å². The zero-order chi connectivity index (χ0) is 11.4. The van der Waals surface area contributed by atoms with E-state index < -0.39 is 0 Å². The number of nitro benzene ring substituents is 1. The first kappa shape index (κ1) is 12.4. The maximum Gasteiger partial charge on any atom is 0.270 e. The van der Waals surface area contributed by atoms with Crippen LogP contribution < -0.4 is 5.32 Å². The number of non-ortho nitro benzene ring substituents is 1. The standard InChI is InChI=1S/C10H13IN2O2/c1-7(12-2)5-8-3-4-9(13(14)15)6-10(8)11/h3-4,6-7,12H,5H2,1-2H3. The lowest BCUT2D eigenvalue weighted by Crippen LogP contribution is -2.23. The van der Waals surface area contributed by atoms with Gasteiger partial charge in [-0.15, -0.1) is 0 Å². The van der Waals surface area contributed by atoms with Crippen LogP contribution >= 0.6 is 22.6 Å². The lowest BCUT2D eigenvalue weighted by atomic mass is 10.1. The second-order valence-corrected chi connectivity index (χ2v) is 4.59. The fourth-order valence-corrected chi connectivity index (χ4v) is 1.97. The molecule has 0 saturated carbocycles. The molecule has 0 aliphatic carbocycles. The highest BCUT2D eigenvalue weighted by Gasteiger charge is 2.10. The summed E-state index contributed by atoms with van der Waals surface area (Å²) in [4.78, 5) is 10.2. The molecule has 5 heteroatoms. The van der Waals surface area contributed by atoms with Crippen LogP contribution in [0.15, 0.2) is 18.2 Å². The third-order valence-electron chi connectivity index (χ3n) is 2.27. The van der Waals surface area contributed by atoms with Gasteiger partial charge in [0.1, 0.15) is 0 Å². The molecule has 1 rings (SSSR count). The Hall–Kier alpha value is -0.690. The highest BCUT2D eigenvalue weighted by atomic mass is 127. The fraction of sp³-hybridized carbons (Fsp3) is 0.400. The number of likely N-dealkylation sites (N-methyl/N-ethyl adjacent to an activating group) is 1. The lowest BCUT2D eigenvalue weighted by molar-refractivity contribution is -0.385. The van der Waals surface area contributed by atoms with Crippen LogP contribution in [-0.4, -0.2) is 18.0 Å². The fourth-order valence-electron chi connectivity index (χ4n) is 1.25. The molecule has 4 nitrogen and oxygen atoms in total. The Labute approximate surface area is 102 Å². The van der Waals surface area contributed by atoms with E-state index in [0.717, 1.165) is 15.6 Å². The largest absolute Gasteiger partial charge is 0.317 e. The van der Waals surface area contributed by atoms with Gasteiger partial charge in [0.05, 0.1) is 4.92 Å². The molecule has 0 aliphatic rings.